The van der Waals surface area contributed by atoms with Gasteiger partial charge in [0.1, 0.15) is 5.58 Å². The van der Waals surface area contributed by atoms with Crippen LogP contribution in [0.5, 0.6) is 0 Å². The van der Waals surface area contributed by atoms with Crippen LogP contribution in [0.2, 0.25) is 0 Å². The van der Waals surface area contributed by atoms with E-state index in [4.69, 9.17) is 14.4 Å². The smallest absolute Gasteiger partial charge is 0.160 e. The van der Waals surface area contributed by atoms with Gasteiger partial charge >= 0.3 is 0 Å². The van der Waals surface area contributed by atoms with Crippen molar-refractivity contribution in [1.29, 1.82) is 0 Å². The summed E-state index contributed by atoms with van der Waals surface area (Å²) in [7, 11) is 0. The number of aromatic nitrogens is 4. The van der Waals surface area contributed by atoms with Gasteiger partial charge in [0.15, 0.2) is 11.4 Å². The highest BCUT2D eigenvalue weighted by Crippen LogP contribution is 2.43. The summed E-state index contributed by atoms with van der Waals surface area (Å²) in [6.07, 6.45) is 0. The monoisotopic (exact) mass is 728 g/mol. The highest BCUT2D eigenvalue weighted by atomic mass is 16.3. The minimum atomic E-state index is 0.681. The van der Waals surface area contributed by atoms with Crippen LogP contribution in [0.15, 0.2) is 199 Å². The topological polar surface area (TPSA) is 48.8 Å². The second-order valence-electron chi connectivity index (χ2n) is 14.6. The van der Waals surface area contributed by atoms with Crippen LogP contribution in [0.1, 0.15) is 0 Å². The molecule has 0 aliphatic rings. The van der Waals surface area contributed by atoms with Gasteiger partial charge in [0.25, 0.3) is 0 Å². The molecule has 266 valence electrons. The van der Waals surface area contributed by atoms with E-state index in [1.165, 1.54) is 10.8 Å². The molecule has 0 spiro atoms. The number of furan rings is 1. The van der Waals surface area contributed by atoms with Crippen molar-refractivity contribution in [1.82, 2.24) is 19.1 Å². The normalized spacial score (nSPS) is 11.9. The molecule has 4 aromatic heterocycles. The number of hydrogen-bond acceptors (Lipinski definition) is 3. The first-order chi connectivity index (χ1) is 28.3. The largest absolute Gasteiger partial charge is 0.454 e. The molecule has 8 aromatic carbocycles. The van der Waals surface area contributed by atoms with E-state index in [1.54, 1.807) is 0 Å². The SMILES string of the molecule is c1ccc(-c2cc(-c3ccccc3)nc(-c3cccc(-n4c5ccccc5c5cc6c(cc54)c4ccc5c7ccccc7oc5c4n6-c4ccccc4)c3)n2)cc1. The summed E-state index contributed by atoms with van der Waals surface area (Å²) in [4.78, 5) is 10.3. The van der Waals surface area contributed by atoms with Crippen molar-refractivity contribution < 1.29 is 4.42 Å². The predicted molar refractivity (Wildman–Crippen MR) is 234 cm³/mol. The molecule has 0 unspecified atom stereocenters. The first-order valence-electron chi connectivity index (χ1n) is 19.2. The van der Waals surface area contributed by atoms with E-state index < -0.39 is 0 Å². The lowest BCUT2D eigenvalue weighted by molar-refractivity contribution is 0.671. The number of hydrogen-bond donors (Lipinski definition) is 0. The summed E-state index contributed by atoms with van der Waals surface area (Å²) >= 11 is 0. The molecule has 0 bridgehead atoms. The van der Waals surface area contributed by atoms with Gasteiger partial charge in [0.2, 0.25) is 0 Å². The standard InChI is InChI=1S/C52H32N4O/c1-4-15-33(16-5-1)44-32-45(34-17-6-2-7-18-34)54-52(53-44)35-19-14-22-37(29-35)55-46-25-12-10-23-38(46)42-30-48-43(31-47(42)55)40-27-28-41-39-24-11-13-26-49(39)57-51(41)50(40)56(48)36-20-8-3-9-21-36/h1-32H. The van der Waals surface area contributed by atoms with Gasteiger partial charge < -0.3 is 13.6 Å². The average Bonchev–Trinajstić information content (AvgIpc) is 3.94. The van der Waals surface area contributed by atoms with Gasteiger partial charge in [-0.3, -0.25) is 0 Å². The molecule has 0 atom stereocenters. The van der Waals surface area contributed by atoms with Gasteiger partial charge in [-0.15, -0.1) is 0 Å². The van der Waals surface area contributed by atoms with Crippen LogP contribution >= 0.6 is 0 Å². The van der Waals surface area contributed by atoms with Crippen LogP contribution in [0.25, 0.3) is 111 Å². The summed E-state index contributed by atoms with van der Waals surface area (Å²) in [6.45, 7) is 0. The fraction of sp³-hybridized carbons (Fsp3) is 0. The number of para-hydroxylation sites is 3. The zero-order chi connectivity index (χ0) is 37.5. The van der Waals surface area contributed by atoms with Crippen molar-refractivity contribution in [3.63, 3.8) is 0 Å². The Morgan fingerprint density at radius 2 is 0.912 bits per heavy atom. The molecule has 0 saturated carbocycles. The van der Waals surface area contributed by atoms with E-state index in [-0.39, 0.29) is 0 Å². The summed E-state index contributed by atoms with van der Waals surface area (Å²) < 4.78 is 11.5. The highest BCUT2D eigenvalue weighted by molar-refractivity contribution is 6.24. The van der Waals surface area contributed by atoms with Crippen LogP contribution in [0, 0.1) is 0 Å². The van der Waals surface area contributed by atoms with Crippen molar-refractivity contribution in [2.75, 3.05) is 0 Å². The molecule has 4 heterocycles. The van der Waals surface area contributed by atoms with Crippen molar-refractivity contribution in [3.8, 4) is 45.3 Å². The average molecular weight is 729 g/mol. The Kier molecular flexibility index (Phi) is 6.86. The Balaban J connectivity index is 1.12. The van der Waals surface area contributed by atoms with E-state index in [0.717, 1.165) is 94.2 Å². The molecule has 0 aliphatic heterocycles. The molecule has 0 fully saturated rings. The molecule has 5 heteroatoms. The number of benzene rings is 8. The van der Waals surface area contributed by atoms with Crippen LogP contribution in [-0.2, 0) is 0 Å². The van der Waals surface area contributed by atoms with E-state index in [9.17, 15) is 0 Å². The quantitative estimate of drug-likeness (QED) is 0.177. The Hall–Kier alpha value is -7.76. The van der Waals surface area contributed by atoms with E-state index in [1.807, 2.05) is 18.2 Å². The molecule has 0 saturated heterocycles. The van der Waals surface area contributed by atoms with Crippen LogP contribution < -0.4 is 0 Å². The molecule has 5 nitrogen and oxygen atoms in total. The molecule has 12 rings (SSSR count). The van der Waals surface area contributed by atoms with E-state index in [0.29, 0.717) is 5.82 Å². The van der Waals surface area contributed by atoms with Crippen molar-refractivity contribution in [2.24, 2.45) is 0 Å². The molecular weight excluding hydrogens is 697 g/mol. The van der Waals surface area contributed by atoms with Gasteiger partial charge in [-0.1, -0.05) is 133 Å². The minimum absolute atomic E-state index is 0.681. The fourth-order valence-electron chi connectivity index (χ4n) is 8.74. The fourth-order valence-corrected chi connectivity index (χ4v) is 8.74. The maximum Gasteiger partial charge on any atom is 0.160 e. The van der Waals surface area contributed by atoms with Crippen molar-refractivity contribution in [3.05, 3.63) is 194 Å². The Labute approximate surface area is 327 Å². The zero-order valence-electron chi connectivity index (χ0n) is 30.7. The molecule has 0 radical (unpaired) electrons. The Morgan fingerprint density at radius 3 is 1.65 bits per heavy atom. The van der Waals surface area contributed by atoms with Gasteiger partial charge in [-0.25, -0.2) is 9.97 Å². The number of rotatable bonds is 5. The van der Waals surface area contributed by atoms with Gasteiger partial charge in [0.05, 0.1) is 33.5 Å². The zero-order valence-corrected chi connectivity index (χ0v) is 30.7. The minimum Gasteiger partial charge on any atom is -0.454 e. The van der Waals surface area contributed by atoms with Crippen molar-refractivity contribution >= 4 is 65.6 Å². The lowest BCUT2D eigenvalue weighted by Gasteiger charge is -2.12. The second-order valence-corrected chi connectivity index (χ2v) is 14.6. The summed E-state index contributed by atoms with van der Waals surface area (Å²) in [5, 5.41) is 6.91. The lowest BCUT2D eigenvalue weighted by atomic mass is 10.1. The third kappa shape index (κ3) is 4.89. The molecule has 0 aliphatic carbocycles. The second kappa shape index (κ2) is 12.4. The highest BCUT2D eigenvalue weighted by Gasteiger charge is 2.22. The first-order valence-corrected chi connectivity index (χ1v) is 19.2. The molecule has 12 aromatic rings. The molecular formula is C52H32N4O. The lowest BCUT2D eigenvalue weighted by Crippen LogP contribution is -1.98. The van der Waals surface area contributed by atoms with Crippen LogP contribution in [0.4, 0.5) is 0 Å². The molecule has 0 amide bonds. The maximum atomic E-state index is 6.69. The number of fused-ring (bicyclic) bond motifs is 10. The first kappa shape index (κ1) is 31.6. The summed E-state index contributed by atoms with van der Waals surface area (Å²) in [5.74, 6) is 0.681. The maximum absolute atomic E-state index is 6.69. The third-order valence-electron chi connectivity index (χ3n) is 11.3. The van der Waals surface area contributed by atoms with E-state index >= 15 is 0 Å². The van der Waals surface area contributed by atoms with Crippen LogP contribution in [0.3, 0.4) is 0 Å². The molecule has 57 heavy (non-hydrogen) atoms. The summed E-state index contributed by atoms with van der Waals surface area (Å²) in [6, 6.07) is 68.3. The van der Waals surface area contributed by atoms with Crippen LogP contribution in [-0.4, -0.2) is 19.1 Å². The number of nitrogens with zero attached hydrogens (tertiary/aromatic N) is 4. The van der Waals surface area contributed by atoms with E-state index in [2.05, 4.69) is 185 Å². The van der Waals surface area contributed by atoms with Gasteiger partial charge in [0, 0.05) is 60.4 Å². The Morgan fingerprint density at radius 1 is 0.351 bits per heavy atom. The van der Waals surface area contributed by atoms with Gasteiger partial charge in [-0.2, -0.15) is 0 Å². The Bertz CT molecular complexity index is 3450. The third-order valence-corrected chi connectivity index (χ3v) is 11.3. The predicted octanol–water partition coefficient (Wildman–Crippen LogP) is 13.6. The van der Waals surface area contributed by atoms with Gasteiger partial charge in [-0.05, 0) is 60.7 Å². The van der Waals surface area contributed by atoms with Crippen molar-refractivity contribution in [2.45, 2.75) is 0 Å². The summed E-state index contributed by atoms with van der Waals surface area (Å²) in [5.41, 5.74) is 13.2. The molecule has 0 N–H and O–H groups in total.